The van der Waals surface area contributed by atoms with E-state index in [0.29, 0.717) is 5.75 Å². The number of methoxy groups -OCH3 is 1. The van der Waals surface area contributed by atoms with Crippen LogP contribution >= 0.6 is 0 Å². The molecule has 0 fully saturated rings. The highest BCUT2D eigenvalue weighted by atomic mass is 16.5. The standard InChI is InChI=1S/C14H18N2O5/c1-9(2)15-14(19)16-12(17)8-21-13(18)10-6-4-5-7-11(10)20-3/h4-7,9H,8H2,1-3H3,(H2,15,16,17,19). The van der Waals surface area contributed by atoms with Gasteiger partial charge in [0.25, 0.3) is 5.91 Å². The molecule has 0 spiro atoms. The van der Waals surface area contributed by atoms with Crippen molar-refractivity contribution in [3.8, 4) is 5.75 Å². The van der Waals surface area contributed by atoms with Gasteiger partial charge in [0, 0.05) is 6.04 Å². The van der Waals surface area contributed by atoms with Crippen LogP contribution < -0.4 is 15.4 Å². The predicted molar refractivity (Wildman–Crippen MR) is 75.1 cm³/mol. The molecule has 114 valence electrons. The Kier molecular flexibility index (Phi) is 6.19. The van der Waals surface area contributed by atoms with Crippen molar-refractivity contribution >= 4 is 17.9 Å². The molecule has 0 aliphatic heterocycles. The highest BCUT2D eigenvalue weighted by Gasteiger charge is 2.15. The molecule has 7 nitrogen and oxygen atoms in total. The van der Waals surface area contributed by atoms with Crippen LogP contribution in [-0.2, 0) is 9.53 Å². The Labute approximate surface area is 122 Å². The molecule has 1 aromatic rings. The van der Waals surface area contributed by atoms with Gasteiger partial charge in [0.1, 0.15) is 11.3 Å². The number of amides is 3. The van der Waals surface area contributed by atoms with Crippen molar-refractivity contribution in [2.45, 2.75) is 19.9 Å². The van der Waals surface area contributed by atoms with Gasteiger partial charge in [0.05, 0.1) is 7.11 Å². The molecule has 0 bridgehead atoms. The van der Waals surface area contributed by atoms with E-state index >= 15 is 0 Å². The first-order valence-corrected chi connectivity index (χ1v) is 6.34. The Morgan fingerprint density at radius 2 is 1.86 bits per heavy atom. The highest BCUT2D eigenvalue weighted by molar-refractivity contribution is 5.97. The van der Waals surface area contributed by atoms with Gasteiger partial charge in [-0.25, -0.2) is 9.59 Å². The van der Waals surface area contributed by atoms with Crippen LogP contribution in [-0.4, -0.2) is 37.7 Å². The van der Waals surface area contributed by atoms with E-state index in [0.717, 1.165) is 0 Å². The molecule has 0 aliphatic rings. The lowest BCUT2D eigenvalue weighted by molar-refractivity contribution is -0.123. The van der Waals surface area contributed by atoms with Gasteiger partial charge in [-0.2, -0.15) is 0 Å². The van der Waals surface area contributed by atoms with E-state index in [9.17, 15) is 14.4 Å². The summed E-state index contributed by atoms with van der Waals surface area (Å²) in [5.74, 6) is -1.07. The maximum atomic E-state index is 11.8. The van der Waals surface area contributed by atoms with Crippen molar-refractivity contribution in [1.82, 2.24) is 10.6 Å². The van der Waals surface area contributed by atoms with Crippen molar-refractivity contribution in [3.05, 3.63) is 29.8 Å². The second kappa shape index (κ2) is 7.88. The predicted octanol–water partition coefficient (Wildman–Crippen LogP) is 1.09. The average molecular weight is 294 g/mol. The Balaban J connectivity index is 2.49. The molecule has 0 saturated carbocycles. The van der Waals surface area contributed by atoms with Crippen molar-refractivity contribution < 1.29 is 23.9 Å². The number of hydrogen-bond acceptors (Lipinski definition) is 5. The minimum absolute atomic E-state index is 0.103. The minimum atomic E-state index is -0.712. The number of esters is 1. The van der Waals surface area contributed by atoms with Crippen LogP contribution in [0.25, 0.3) is 0 Å². The molecule has 3 amide bonds. The summed E-state index contributed by atoms with van der Waals surface area (Å²) in [7, 11) is 1.43. The zero-order valence-corrected chi connectivity index (χ0v) is 12.1. The number of urea groups is 1. The summed E-state index contributed by atoms with van der Waals surface area (Å²) in [6.45, 7) is 2.96. The monoisotopic (exact) mass is 294 g/mol. The van der Waals surface area contributed by atoms with Crippen molar-refractivity contribution in [2.75, 3.05) is 13.7 Å². The maximum Gasteiger partial charge on any atom is 0.342 e. The van der Waals surface area contributed by atoms with Crippen LogP contribution in [0.2, 0.25) is 0 Å². The number of hydrogen-bond donors (Lipinski definition) is 2. The molecule has 0 unspecified atom stereocenters. The fraction of sp³-hybridized carbons (Fsp3) is 0.357. The molecule has 1 aromatic carbocycles. The van der Waals surface area contributed by atoms with E-state index < -0.39 is 24.5 Å². The first-order valence-electron chi connectivity index (χ1n) is 6.34. The van der Waals surface area contributed by atoms with E-state index in [1.807, 2.05) is 5.32 Å². The number of rotatable bonds is 5. The molecule has 0 radical (unpaired) electrons. The molecule has 0 aliphatic carbocycles. The van der Waals surface area contributed by atoms with Gasteiger partial charge < -0.3 is 14.8 Å². The third-order valence-electron chi connectivity index (χ3n) is 2.33. The average Bonchev–Trinajstić information content (AvgIpc) is 2.43. The van der Waals surface area contributed by atoms with Crippen molar-refractivity contribution in [2.24, 2.45) is 0 Å². The van der Waals surface area contributed by atoms with Gasteiger partial charge in [-0.3, -0.25) is 10.1 Å². The molecule has 7 heteroatoms. The summed E-state index contributed by atoms with van der Waals surface area (Å²) in [6.07, 6.45) is 0. The van der Waals surface area contributed by atoms with Gasteiger partial charge in [-0.1, -0.05) is 12.1 Å². The molecular formula is C14H18N2O5. The first kappa shape index (κ1) is 16.5. The normalized spacial score (nSPS) is 9.90. The van der Waals surface area contributed by atoms with E-state index in [2.05, 4.69) is 5.32 Å². The van der Waals surface area contributed by atoms with E-state index in [1.165, 1.54) is 13.2 Å². The molecule has 21 heavy (non-hydrogen) atoms. The molecule has 1 rings (SSSR count). The lowest BCUT2D eigenvalue weighted by Crippen LogP contribution is -2.44. The summed E-state index contributed by atoms with van der Waals surface area (Å²) in [4.78, 5) is 34.5. The smallest absolute Gasteiger partial charge is 0.342 e. The van der Waals surface area contributed by atoms with E-state index in [1.54, 1.807) is 32.0 Å². The fourth-order valence-electron chi connectivity index (χ4n) is 1.48. The molecular weight excluding hydrogens is 276 g/mol. The van der Waals surface area contributed by atoms with Crippen molar-refractivity contribution in [1.29, 1.82) is 0 Å². The number of ether oxygens (including phenoxy) is 2. The van der Waals surface area contributed by atoms with Crippen LogP contribution in [0.15, 0.2) is 24.3 Å². The van der Waals surface area contributed by atoms with Gasteiger partial charge in [-0.15, -0.1) is 0 Å². The Hall–Kier alpha value is -2.57. The molecule has 0 heterocycles. The lowest BCUT2D eigenvalue weighted by Gasteiger charge is -2.10. The second-order valence-electron chi connectivity index (χ2n) is 4.45. The zero-order valence-electron chi connectivity index (χ0n) is 12.1. The number of carbonyl (C=O) groups is 3. The van der Waals surface area contributed by atoms with Crippen LogP contribution in [0, 0.1) is 0 Å². The van der Waals surface area contributed by atoms with Crippen LogP contribution in [0.1, 0.15) is 24.2 Å². The largest absolute Gasteiger partial charge is 0.496 e. The summed E-state index contributed by atoms with van der Waals surface area (Å²) in [5.41, 5.74) is 0.208. The topological polar surface area (TPSA) is 93.7 Å². The highest BCUT2D eigenvalue weighted by Crippen LogP contribution is 2.17. The number of benzene rings is 1. The summed E-state index contributed by atoms with van der Waals surface area (Å²) >= 11 is 0. The number of para-hydroxylation sites is 1. The molecule has 0 aromatic heterocycles. The minimum Gasteiger partial charge on any atom is -0.496 e. The van der Waals surface area contributed by atoms with Gasteiger partial charge in [0.2, 0.25) is 0 Å². The van der Waals surface area contributed by atoms with Crippen LogP contribution in [0.4, 0.5) is 4.79 Å². The lowest BCUT2D eigenvalue weighted by atomic mass is 10.2. The van der Waals surface area contributed by atoms with Crippen LogP contribution in [0.5, 0.6) is 5.75 Å². The van der Waals surface area contributed by atoms with E-state index in [4.69, 9.17) is 9.47 Å². The number of carbonyl (C=O) groups excluding carboxylic acids is 3. The zero-order chi connectivity index (χ0) is 15.8. The van der Waals surface area contributed by atoms with Crippen LogP contribution in [0.3, 0.4) is 0 Å². The third-order valence-corrected chi connectivity index (χ3v) is 2.33. The summed E-state index contributed by atoms with van der Waals surface area (Å²) < 4.78 is 9.84. The van der Waals surface area contributed by atoms with Crippen molar-refractivity contribution in [3.63, 3.8) is 0 Å². The molecule has 2 N–H and O–H groups in total. The van der Waals surface area contributed by atoms with Gasteiger partial charge in [0.15, 0.2) is 6.61 Å². The Morgan fingerprint density at radius 1 is 1.19 bits per heavy atom. The maximum absolute atomic E-state index is 11.8. The molecule has 0 atom stereocenters. The SMILES string of the molecule is COc1ccccc1C(=O)OCC(=O)NC(=O)NC(C)C. The molecule has 0 saturated heterocycles. The summed E-state index contributed by atoms with van der Waals surface area (Å²) in [5, 5.41) is 4.53. The third kappa shape index (κ3) is 5.52. The van der Waals surface area contributed by atoms with Gasteiger partial charge in [-0.05, 0) is 26.0 Å². The Bertz CT molecular complexity index is 528. The quantitative estimate of drug-likeness (QED) is 0.793. The first-order chi connectivity index (χ1) is 9.93. The number of nitrogens with one attached hydrogen (secondary N) is 2. The Morgan fingerprint density at radius 3 is 2.48 bits per heavy atom. The number of imide groups is 1. The van der Waals surface area contributed by atoms with E-state index in [-0.39, 0.29) is 11.6 Å². The second-order valence-corrected chi connectivity index (χ2v) is 4.45. The fourth-order valence-corrected chi connectivity index (χ4v) is 1.48. The summed E-state index contributed by atoms with van der Waals surface area (Å²) in [6, 6.07) is 5.74. The van der Waals surface area contributed by atoms with Gasteiger partial charge >= 0.3 is 12.0 Å².